The molecule has 0 aliphatic heterocycles. The molecule has 0 fully saturated rings. The second kappa shape index (κ2) is 52.4. The third kappa shape index (κ3) is 72.4. The van der Waals surface area contributed by atoms with Crippen LogP contribution >= 0.6 is 0 Å². The number of carboxylic acid groups (broad SMARTS) is 2. The van der Waals surface area contributed by atoms with Gasteiger partial charge in [-0.05, 0) is 26.2 Å². The van der Waals surface area contributed by atoms with Gasteiger partial charge in [0.25, 0.3) is 0 Å². The van der Waals surface area contributed by atoms with Crippen molar-refractivity contribution in [1.29, 1.82) is 0 Å². The summed E-state index contributed by atoms with van der Waals surface area (Å²) in [5.41, 5.74) is 4.17. The lowest BCUT2D eigenvalue weighted by Crippen LogP contribution is -2.12. The first-order valence-electron chi connectivity index (χ1n) is 18.6. The number of ketones is 1. The van der Waals surface area contributed by atoms with Crippen LogP contribution in [0.1, 0.15) is 156 Å². The van der Waals surface area contributed by atoms with Crippen molar-refractivity contribution in [1.82, 2.24) is 0 Å². The Labute approximate surface area is 297 Å². The summed E-state index contributed by atoms with van der Waals surface area (Å²) in [4.78, 5) is 46.8. The minimum atomic E-state index is -1.43. The van der Waals surface area contributed by atoms with Crippen LogP contribution in [0.4, 0.5) is 0 Å². The number of rotatable bonds is 34. The summed E-state index contributed by atoms with van der Waals surface area (Å²) in [7, 11) is 0. The number of nitrogens with two attached hydrogens (primary N) is 1. The first-order valence-corrected chi connectivity index (χ1v) is 18.6. The third-order valence-electron chi connectivity index (χ3n) is 6.99. The molecule has 0 unspecified atom stereocenters. The van der Waals surface area contributed by atoms with Crippen molar-refractivity contribution >= 4 is 30.4 Å². The fourth-order valence-electron chi connectivity index (χ4n) is 4.21. The van der Waals surface area contributed by atoms with E-state index < -0.39 is 11.9 Å². The van der Waals surface area contributed by atoms with Crippen LogP contribution < -0.4 is 5.73 Å². The zero-order chi connectivity index (χ0) is 37.5. The molecule has 1 amide bonds. The van der Waals surface area contributed by atoms with Gasteiger partial charge in [-0.15, -0.1) is 0 Å². The number of amides is 1. The molecule has 0 spiro atoms. The summed E-state index contributed by atoms with van der Waals surface area (Å²) in [5, 5.41) is 16.0. The molecule has 12 nitrogen and oxygen atoms in total. The predicted octanol–water partition coefficient (Wildman–Crippen LogP) is 7.32. The van der Waals surface area contributed by atoms with E-state index in [1.807, 2.05) is 6.92 Å². The fraction of sp³-hybridized carbons (Fsp3) is 0.865. The van der Waals surface area contributed by atoms with Crippen molar-refractivity contribution in [2.45, 2.75) is 156 Å². The van der Waals surface area contributed by atoms with Crippen LogP contribution in [0.3, 0.4) is 0 Å². The first kappa shape index (κ1) is 53.4. The Morgan fingerprint density at radius 2 is 0.755 bits per heavy atom. The minimum Gasteiger partial charge on any atom is -0.481 e. The molecule has 0 radical (unpaired) electrons. The van der Waals surface area contributed by atoms with E-state index in [4.69, 9.17) is 43.5 Å². The normalized spacial score (nSPS) is 10.0. The van der Waals surface area contributed by atoms with E-state index in [0.29, 0.717) is 52.5 Å². The van der Waals surface area contributed by atoms with E-state index >= 15 is 0 Å². The van der Waals surface area contributed by atoms with Gasteiger partial charge in [0.15, 0.2) is 0 Å². The molecule has 0 heterocycles. The molecule has 0 rings (SSSR count). The Morgan fingerprint density at radius 3 is 1.00 bits per heavy atom. The molecule has 0 aromatic heterocycles. The standard InChI is InChI=1S/C30H60O6.C4H8O.C2H2O3.CH3NO/c1-2-22-33-24-26-35-28-29-36-27-25-34-23-20-18-16-14-12-10-8-6-4-3-5-7-9-11-13-15-17-19-21-30(31)32;1-3-4(2)5;3-1-2(4)5;2-1-3/h2-29H2,1H3,(H,31,32);3H2,1-2H3;1H,(H,4,5);1H,(H2,2,3). The van der Waals surface area contributed by atoms with Crippen LogP contribution in [0.25, 0.3) is 0 Å². The quantitative estimate of drug-likeness (QED) is 0.0345. The van der Waals surface area contributed by atoms with E-state index in [2.05, 4.69) is 12.7 Å². The lowest BCUT2D eigenvalue weighted by atomic mass is 10.0. The van der Waals surface area contributed by atoms with Crippen LogP contribution in [0.15, 0.2) is 0 Å². The van der Waals surface area contributed by atoms with Crippen molar-refractivity contribution in [3.63, 3.8) is 0 Å². The minimum absolute atomic E-state index is 0.167. The number of aldehydes is 1. The molecule has 0 bridgehead atoms. The molecule has 49 heavy (non-hydrogen) atoms. The van der Waals surface area contributed by atoms with Crippen LogP contribution in [-0.4, -0.2) is 93.5 Å². The van der Waals surface area contributed by atoms with Gasteiger partial charge in [-0.3, -0.25) is 14.4 Å². The summed E-state index contributed by atoms with van der Waals surface area (Å²) in [6, 6.07) is 0. The van der Waals surface area contributed by atoms with Gasteiger partial charge in [0.1, 0.15) is 5.78 Å². The summed E-state index contributed by atoms with van der Waals surface area (Å²) >= 11 is 0. The summed E-state index contributed by atoms with van der Waals surface area (Å²) in [6.07, 6.45) is 25.4. The van der Waals surface area contributed by atoms with Gasteiger partial charge in [-0.1, -0.05) is 117 Å². The number of hydrogen-bond acceptors (Lipinski definition) is 9. The highest BCUT2D eigenvalue weighted by molar-refractivity contribution is 6.19. The lowest BCUT2D eigenvalue weighted by molar-refractivity contribution is -0.143. The van der Waals surface area contributed by atoms with Crippen molar-refractivity contribution in [2.24, 2.45) is 5.73 Å². The monoisotopic (exact) mass is 708 g/mol. The highest BCUT2D eigenvalue weighted by Crippen LogP contribution is 2.14. The average molecular weight is 708 g/mol. The maximum atomic E-state index is 10.5. The molecule has 0 saturated carbocycles. The van der Waals surface area contributed by atoms with E-state index in [-0.39, 0.29) is 18.5 Å². The summed E-state index contributed by atoms with van der Waals surface area (Å²) in [6.45, 7) is 11.1. The summed E-state index contributed by atoms with van der Waals surface area (Å²) in [5.74, 6) is -1.83. The van der Waals surface area contributed by atoms with Gasteiger partial charge in [0.2, 0.25) is 12.7 Å². The van der Waals surface area contributed by atoms with Gasteiger partial charge in [0.05, 0.1) is 39.6 Å². The molecule has 0 aromatic rings. The largest absolute Gasteiger partial charge is 0.481 e. The molecule has 0 aromatic carbocycles. The second-order valence-corrected chi connectivity index (χ2v) is 11.6. The number of primary amides is 1. The topological polar surface area (TPSA) is 189 Å². The molecule has 0 aliphatic carbocycles. The van der Waals surface area contributed by atoms with E-state index in [0.717, 1.165) is 38.9 Å². The fourth-order valence-corrected chi connectivity index (χ4v) is 4.21. The second-order valence-electron chi connectivity index (χ2n) is 11.6. The molecule has 12 heteroatoms. The summed E-state index contributed by atoms with van der Waals surface area (Å²) < 4.78 is 21.9. The van der Waals surface area contributed by atoms with Gasteiger partial charge in [-0.2, -0.15) is 0 Å². The number of carbonyl (C=O) groups excluding carboxylic acids is 3. The zero-order valence-electron chi connectivity index (χ0n) is 31.3. The number of carboxylic acids is 2. The molecule has 0 atom stereocenters. The van der Waals surface area contributed by atoms with Gasteiger partial charge >= 0.3 is 11.9 Å². The number of hydrogen-bond donors (Lipinski definition) is 3. The Bertz CT molecular complexity index is 693. The number of Topliss-reactive ketones (excluding diaryl/α,β-unsaturated/α-hetero) is 1. The Morgan fingerprint density at radius 1 is 0.510 bits per heavy atom. The Balaban J connectivity index is -0.000000656. The first-order chi connectivity index (χ1) is 23.7. The number of carbonyl (C=O) groups is 5. The Kier molecular flexibility index (Phi) is 57.1. The van der Waals surface area contributed by atoms with Crippen molar-refractivity contribution < 1.29 is 53.1 Å². The maximum absolute atomic E-state index is 10.5. The average Bonchev–Trinajstić information content (AvgIpc) is 3.08. The Hall–Kier alpha value is -2.41. The molecule has 0 aliphatic rings. The molecule has 4 N–H and O–H groups in total. The van der Waals surface area contributed by atoms with Crippen LogP contribution in [-0.2, 0) is 42.9 Å². The van der Waals surface area contributed by atoms with Crippen molar-refractivity contribution in [3.05, 3.63) is 0 Å². The predicted molar refractivity (Wildman–Crippen MR) is 194 cm³/mol. The van der Waals surface area contributed by atoms with Gasteiger partial charge in [-0.25, -0.2) is 4.79 Å². The molecule has 0 saturated heterocycles. The van der Waals surface area contributed by atoms with Gasteiger partial charge in [0, 0.05) is 26.1 Å². The van der Waals surface area contributed by atoms with Crippen molar-refractivity contribution in [3.8, 4) is 0 Å². The molecule has 292 valence electrons. The third-order valence-corrected chi connectivity index (χ3v) is 6.99. The molecular formula is C37H73NO11. The number of ether oxygens (including phenoxy) is 4. The lowest BCUT2D eigenvalue weighted by Gasteiger charge is -2.07. The van der Waals surface area contributed by atoms with E-state index in [1.54, 1.807) is 6.92 Å². The van der Waals surface area contributed by atoms with E-state index in [1.165, 1.54) is 96.3 Å². The maximum Gasteiger partial charge on any atom is 0.368 e. The number of unbranched alkanes of at least 4 members (excludes halogenated alkanes) is 17. The zero-order valence-corrected chi connectivity index (χ0v) is 31.3. The SMILES string of the molecule is CCC(C)=O.CCCOCCOCCOCCOCCCCCCCCCCCCCCCCCCCCC(=O)O.NC=O.O=CC(=O)O. The van der Waals surface area contributed by atoms with E-state index in [9.17, 15) is 9.59 Å². The van der Waals surface area contributed by atoms with Crippen LogP contribution in [0.2, 0.25) is 0 Å². The van der Waals surface area contributed by atoms with Crippen LogP contribution in [0, 0.1) is 0 Å². The highest BCUT2D eigenvalue weighted by atomic mass is 16.6. The van der Waals surface area contributed by atoms with Crippen LogP contribution in [0.5, 0.6) is 0 Å². The van der Waals surface area contributed by atoms with Crippen molar-refractivity contribution in [2.75, 3.05) is 52.9 Å². The number of aliphatic carboxylic acids is 2. The smallest absolute Gasteiger partial charge is 0.368 e. The highest BCUT2D eigenvalue weighted by Gasteiger charge is 1.98. The van der Waals surface area contributed by atoms with Gasteiger partial charge < -0.3 is 39.7 Å². The molecular weight excluding hydrogens is 634 g/mol.